The summed E-state index contributed by atoms with van der Waals surface area (Å²) < 4.78 is 1.08. The van der Waals surface area contributed by atoms with Crippen molar-refractivity contribution in [3.05, 3.63) is 57.6 Å². The van der Waals surface area contributed by atoms with Crippen molar-refractivity contribution < 1.29 is 4.92 Å². The average molecular weight is 358 g/mol. The Bertz CT molecular complexity index is 913. The predicted octanol–water partition coefficient (Wildman–Crippen LogP) is 4.63. The van der Waals surface area contributed by atoms with Crippen molar-refractivity contribution in [2.75, 3.05) is 10.6 Å². The smallest absolute Gasteiger partial charge is 0.271 e. The summed E-state index contributed by atoms with van der Waals surface area (Å²) in [4.78, 5) is 14.9. The maximum absolute atomic E-state index is 10.8. The van der Waals surface area contributed by atoms with E-state index in [4.69, 9.17) is 12.2 Å². The van der Waals surface area contributed by atoms with Gasteiger partial charge in [0, 0.05) is 17.8 Å². The molecule has 0 aliphatic heterocycles. The van der Waals surface area contributed by atoms with Crippen LogP contribution < -0.4 is 10.6 Å². The molecule has 0 fully saturated rings. The largest absolute Gasteiger partial charge is 0.332 e. The third-order valence-electron chi connectivity index (χ3n) is 3.54. The van der Waals surface area contributed by atoms with E-state index in [0.29, 0.717) is 15.9 Å². The van der Waals surface area contributed by atoms with E-state index < -0.39 is 4.92 Å². The van der Waals surface area contributed by atoms with Crippen LogP contribution in [0.1, 0.15) is 11.1 Å². The number of nitrogens with zero attached hydrogens (tertiary/aromatic N) is 2. The van der Waals surface area contributed by atoms with Crippen molar-refractivity contribution in [3.8, 4) is 0 Å². The number of aryl methyl sites for hydroxylation is 2. The molecule has 0 unspecified atom stereocenters. The van der Waals surface area contributed by atoms with E-state index in [9.17, 15) is 10.1 Å². The Morgan fingerprint density at radius 1 is 1.21 bits per heavy atom. The second-order valence-electron chi connectivity index (χ2n) is 5.31. The number of aromatic nitrogens is 1. The molecule has 3 aromatic rings. The minimum absolute atomic E-state index is 0.00809. The van der Waals surface area contributed by atoms with E-state index in [1.165, 1.54) is 34.6 Å². The number of rotatable bonds is 3. The Morgan fingerprint density at radius 3 is 2.71 bits per heavy atom. The molecule has 0 aliphatic rings. The zero-order chi connectivity index (χ0) is 17.3. The monoisotopic (exact) mass is 358 g/mol. The first-order chi connectivity index (χ1) is 11.4. The Hall–Kier alpha value is -2.58. The first-order valence-electron chi connectivity index (χ1n) is 7.12. The first-order valence-corrected chi connectivity index (χ1v) is 8.35. The van der Waals surface area contributed by atoms with Crippen LogP contribution >= 0.6 is 23.6 Å². The summed E-state index contributed by atoms with van der Waals surface area (Å²) in [7, 11) is 0. The number of thiocarbonyl (C=S) groups is 1. The molecule has 0 aliphatic carbocycles. The van der Waals surface area contributed by atoms with Gasteiger partial charge in [-0.2, -0.15) is 0 Å². The number of nitro groups is 1. The minimum atomic E-state index is -0.445. The number of nitrogens with one attached hydrogen (secondary N) is 2. The molecular weight excluding hydrogens is 344 g/mol. The second kappa shape index (κ2) is 6.50. The lowest BCUT2D eigenvalue weighted by molar-refractivity contribution is -0.384. The Labute approximate surface area is 147 Å². The number of fused-ring (bicyclic) bond motifs is 1. The summed E-state index contributed by atoms with van der Waals surface area (Å²) in [6, 6.07) is 10.3. The van der Waals surface area contributed by atoms with Crippen LogP contribution in [0.4, 0.5) is 16.5 Å². The average Bonchev–Trinajstić information content (AvgIpc) is 2.88. The van der Waals surface area contributed by atoms with E-state index in [0.717, 1.165) is 10.2 Å². The van der Waals surface area contributed by atoms with Crippen LogP contribution in [0.2, 0.25) is 0 Å². The topological polar surface area (TPSA) is 80.1 Å². The number of nitro benzene ring substituents is 1. The van der Waals surface area contributed by atoms with E-state index in [1.54, 1.807) is 12.1 Å². The maximum atomic E-state index is 10.8. The molecule has 3 rings (SSSR count). The first kappa shape index (κ1) is 16.3. The van der Waals surface area contributed by atoms with Crippen LogP contribution in [0.5, 0.6) is 0 Å². The molecule has 0 atom stereocenters. The van der Waals surface area contributed by atoms with Gasteiger partial charge in [-0.25, -0.2) is 4.98 Å². The van der Waals surface area contributed by atoms with Crippen LogP contribution in [-0.2, 0) is 0 Å². The van der Waals surface area contributed by atoms with Gasteiger partial charge >= 0.3 is 0 Å². The molecule has 0 radical (unpaired) electrons. The molecule has 0 saturated carbocycles. The fraction of sp³-hybridized carbons (Fsp3) is 0.125. The Balaban J connectivity index is 1.75. The van der Waals surface area contributed by atoms with Crippen molar-refractivity contribution in [2.45, 2.75) is 13.8 Å². The van der Waals surface area contributed by atoms with Crippen molar-refractivity contribution in [2.24, 2.45) is 0 Å². The van der Waals surface area contributed by atoms with Gasteiger partial charge in [0.05, 0.1) is 15.1 Å². The highest BCUT2D eigenvalue weighted by Gasteiger charge is 2.09. The predicted molar refractivity (Wildman–Crippen MR) is 102 cm³/mol. The van der Waals surface area contributed by atoms with Crippen molar-refractivity contribution in [1.82, 2.24) is 4.98 Å². The zero-order valence-corrected chi connectivity index (χ0v) is 14.6. The minimum Gasteiger partial charge on any atom is -0.332 e. The fourth-order valence-corrected chi connectivity index (χ4v) is 3.42. The Morgan fingerprint density at radius 2 is 1.96 bits per heavy atom. The molecule has 2 aromatic carbocycles. The molecule has 0 bridgehead atoms. The summed E-state index contributed by atoms with van der Waals surface area (Å²) >= 11 is 6.77. The van der Waals surface area contributed by atoms with Gasteiger partial charge < -0.3 is 10.6 Å². The molecule has 0 amide bonds. The second-order valence-corrected chi connectivity index (χ2v) is 6.75. The fourth-order valence-electron chi connectivity index (χ4n) is 2.19. The van der Waals surface area contributed by atoms with Gasteiger partial charge in [0.1, 0.15) is 0 Å². The summed E-state index contributed by atoms with van der Waals surface area (Å²) in [5.41, 5.74) is 3.89. The van der Waals surface area contributed by atoms with Crippen molar-refractivity contribution in [3.63, 3.8) is 0 Å². The molecule has 0 spiro atoms. The summed E-state index contributed by atoms with van der Waals surface area (Å²) in [6.07, 6.45) is 0. The van der Waals surface area contributed by atoms with Crippen LogP contribution in [0.25, 0.3) is 10.2 Å². The molecule has 1 heterocycles. The lowest BCUT2D eigenvalue weighted by Crippen LogP contribution is -2.18. The van der Waals surface area contributed by atoms with Crippen LogP contribution in [0, 0.1) is 24.0 Å². The highest BCUT2D eigenvalue weighted by molar-refractivity contribution is 7.80. The Kier molecular flexibility index (Phi) is 4.41. The highest BCUT2D eigenvalue weighted by Crippen LogP contribution is 2.28. The number of hydrogen-bond acceptors (Lipinski definition) is 5. The lowest BCUT2D eigenvalue weighted by Gasteiger charge is -2.07. The van der Waals surface area contributed by atoms with Gasteiger partial charge in [-0.05, 0) is 55.4 Å². The molecule has 8 heteroatoms. The summed E-state index contributed by atoms with van der Waals surface area (Å²) in [5.74, 6) is 0. The SMILES string of the molecule is Cc1cc2nc(NC(=S)Nc3cccc([N+](=O)[O-])c3)sc2cc1C. The number of anilines is 2. The molecule has 2 N–H and O–H groups in total. The normalized spacial score (nSPS) is 10.6. The van der Waals surface area contributed by atoms with E-state index in [-0.39, 0.29) is 5.69 Å². The van der Waals surface area contributed by atoms with Gasteiger partial charge in [0.15, 0.2) is 10.2 Å². The van der Waals surface area contributed by atoms with Gasteiger partial charge in [0.2, 0.25) is 0 Å². The third-order valence-corrected chi connectivity index (χ3v) is 4.68. The van der Waals surface area contributed by atoms with E-state index >= 15 is 0 Å². The van der Waals surface area contributed by atoms with Crippen LogP contribution in [0.3, 0.4) is 0 Å². The maximum Gasteiger partial charge on any atom is 0.271 e. The van der Waals surface area contributed by atoms with E-state index in [1.807, 2.05) is 6.07 Å². The molecular formula is C16H14N4O2S2. The summed E-state index contributed by atoms with van der Waals surface area (Å²) in [5, 5.41) is 17.8. The van der Waals surface area contributed by atoms with Gasteiger partial charge in [-0.1, -0.05) is 17.4 Å². The molecule has 122 valence electrons. The van der Waals surface area contributed by atoms with Gasteiger partial charge in [-0.15, -0.1) is 0 Å². The van der Waals surface area contributed by atoms with Crippen molar-refractivity contribution in [1.29, 1.82) is 0 Å². The number of hydrogen-bond donors (Lipinski definition) is 2. The zero-order valence-electron chi connectivity index (χ0n) is 13.0. The molecule has 0 saturated heterocycles. The molecule has 1 aromatic heterocycles. The third kappa shape index (κ3) is 3.50. The standard InChI is InChI=1S/C16H14N4O2S2/c1-9-6-13-14(7-10(9)2)24-16(18-13)19-15(23)17-11-4-3-5-12(8-11)20(21)22/h3-8H,1-2H3,(H2,17,18,19,23). The lowest BCUT2D eigenvalue weighted by atomic mass is 10.1. The van der Waals surface area contributed by atoms with Gasteiger partial charge in [-0.3, -0.25) is 10.1 Å². The molecule has 6 nitrogen and oxygen atoms in total. The quantitative estimate of drug-likeness (QED) is 0.404. The number of non-ortho nitro benzene ring substituents is 1. The number of benzene rings is 2. The van der Waals surface area contributed by atoms with Crippen LogP contribution in [0.15, 0.2) is 36.4 Å². The van der Waals surface area contributed by atoms with Gasteiger partial charge in [0.25, 0.3) is 5.69 Å². The summed E-state index contributed by atoms with van der Waals surface area (Å²) in [6.45, 7) is 4.12. The molecule has 24 heavy (non-hydrogen) atoms. The van der Waals surface area contributed by atoms with Crippen molar-refractivity contribution >= 4 is 55.4 Å². The van der Waals surface area contributed by atoms with Crippen LogP contribution in [-0.4, -0.2) is 15.0 Å². The highest BCUT2D eigenvalue weighted by atomic mass is 32.1. The number of thiazole rings is 1. The van der Waals surface area contributed by atoms with E-state index in [2.05, 4.69) is 35.5 Å².